The summed E-state index contributed by atoms with van der Waals surface area (Å²) in [6.07, 6.45) is 5.86. The van der Waals surface area contributed by atoms with Crippen LogP contribution in [0.25, 0.3) is 11.6 Å². The molecule has 166 valence electrons. The fraction of sp³-hybridized carbons (Fsp3) is 0.391. The van der Waals surface area contributed by atoms with Crippen molar-refractivity contribution in [1.82, 2.24) is 15.8 Å². The van der Waals surface area contributed by atoms with E-state index in [9.17, 15) is 14.0 Å². The Morgan fingerprint density at radius 3 is 2.74 bits per heavy atom. The number of unbranched alkanes of at least 4 members (excludes halogenated alkanes) is 3. The molecule has 1 aromatic carbocycles. The van der Waals surface area contributed by atoms with Crippen LogP contribution in [0, 0.1) is 19.7 Å². The van der Waals surface area contributed by atoms with Crippen molar-refractivity contribution < 1.29 is 19.2 Å². The van der Waals surface area contributed by atoms with Crippen LogP contribution < -0.4 is 16.1 Å². The molecule has 31 heavy (non-hydrogen) atoms. The van der Waals surface area contributed by atoms with E-state index in [-0.39, 0.29) is 17.6 Å². The fourth-order valence-electron chi connectivity index (χ4n) is 3.83. The van der Waals surface area contributed by atoms with E-state index in [0.29, 0.717) is 29.8 Å². The summed E-state index contributed by atoms with van der Waals surface area (Å²) in [6.45, 7) is 5.59. The molecule has 8 heteroatoms. The van der Waals surface area contributed by atoms with Gasteiger partial charge >= 0.3 is 0 Å². The molecule has 0 saturated heterocycles. The number of hydrogen-bond donors (Lipinski definition) is 5. The van der Waals surface area contributed by atoms with Gasteiger partial charge < -0.3 is 15.6 Å². The number of aromatic amines is 1. The van der Waals surface area contributed by atoms with Crippen molar-refractivity contribution >= 4 is 29.2 Å². The molecule has 0 unspecified atom stereocenters. The number of nitrogens with one attached hydrogen (secondary N) is 4. The van der Waals surface area contributed by atoms with Gasteiger partial charge in [0.15, 0.2) is 0 Å². The highest BCUT2D eigenvalue weighted by molar-refractivity contribution is 6.34. The summed E-state index contributed by atoms with van der Waals surface area (Å²) in [5.74, 6) is -0.948. The summed E-state index contributed by atoms with van der Waals surface area (Å²) in [4.78, 5) is 26.7. The van der Waals surface area contributed by atoms with E-state index in [1.165, 1.54) is 12.1 Å². The van der Waals surface area contributed by atoms with Gasteiger partial charge in [-0.05, 0) is 68.6 Å². The number of fused-ring (bicyclic) bond motifs is 1. The summed E-state index contributed by atoms with van der Waals surface area (Å²) >= 11 is 0. The number of hydroxylamine groups is 1. The number of rotatable bonds is 10. The minimum atomic E-state index is -0.373. The molecule has 5 N–H and O–H groups in total. The quantitative estimate of drug-likeness (QED) is 0.172. The predicted molar refractivity (Wildman–Crippen MR) is 118 cm³/mol. The Hall–Kier alpha value is -2.97. The highest BCUT2D eigenvalue weighted by Crippen LogP contribution is 2.34. The molecule has 2 heterocycles. The number of aryl methyl sites for hydroxylation is 1. The first kappa shape index (κ1) is 22.7. The fourth-order valence-corrected chi connectivity index (χ4v) is 3.83. The molecule has 1 aromatic heterocycles. The molecule has 7 nitrogen and oxygen atoms in total. The summed E-state index contributed by atoms with van der Waals surface area (Å²) in [5, 5.41) is 14.7. The van der Waals surface area contributed by atoms with E-state index in [1.807, 2.05) is 13.8 Å². The number of carbonyl (C=O) groups excluding carboxylic acids is 2. The van der Waals surface area contributed by atoms with Gasteiger partial charge in [-0.2, -0.15) is 0 Å². The second-order valence-electron chi connectivity index (χ2n) is 7.85. The van der Waals surface area contributed by atoms with Crippen LogP contribution in [0.5, 0.6) is 0 Å². The maximum atomic E-state index is 13.7. The monoisotopic (exact) mass is 428 g/mol. The highest BCUT2D eigenvalue weighted by Gasteiger charge is 2.25. The van der Waals surface area contributed by atoms with E-state index in [1.54, 1.807) is 17.6 Å². The van der Waals surface area contributed by atoms with Gasteiger partial charge in [0.2, 0.25) is 5.91 Å². The van der Waals surface area contributed by atoms with Crippen LogP contribution in [0.3, 0.4) is 0 Å². The third-order valence-corrected chi connectivity index (χ3v) is 5.62. The Labute approximate surface area is 181 Å². The zero-order valence-corrected chi connectivity index (χ0v) is 17.9. The van der Waals surface area contributed by atoms with E-state index in [0.717, 1.165) is 54.7 Å². The van der Waals surface area contributed by atoms with Gasteiger partial charge in [-0.25, -0.2) is 9.87 Å². The predicted octanol–water partition coefficient (Wildman–Crippen LogP) is 3.81. The lowest BCUT2D eigenvalue weighted by atomic mass is 10.0. The highest BCUT2D eigenvalue weighted by atomic mass is 19.1. The van der Waals surface area contributed by atoms with Crippen molar-refractivity contribution in [3.63, 3.8) is 0 Å². The van der Waals surface area contributed by atoms with Crippen molar-refractivity contribution in [3.8, 4) is 0 Å². The van der Waals surface area contributed by atoms with Crippen LogP contribution in [-0.4, -0.2) is 28.6 Å². The van der Waals surface area contributed by atoms with Crippen LogP contribution in [-0.2, 0) is 16.1 Å². The van der Waals surface area contributed by atoms with Crippen LogP contribution in [0.15, 0.2) is 18.2 Å². The lowest BCUT2D eigenvalue weighted by Crippen LogP contribution is -2.18. The van der Waals surface area contributed by atoms with Gasteiger partial charge in [-0.15, -0.1) is 0 Å². The van der Waals surface area contributed by atoms with E-state index in [2.05, 4.69) is 15.6 Å². The summed E-state index contributed by atoms with van der Waals surface area (Å²) < 4.78 is 13.7. The third-order valence-electron chi connectivity index (χ3n) is 5.62. The molecule has 0 saturated carbocycles. The average Bonchev–Trinajstić information content (AvgIpc) is 3.19. The van der Waals surface area contributed by atoms with E-state index < -0.39 is 0 Å². The standard InChI is InChI=1S/C23H29FN4O3/c1-14-19(13-25-10-6-4-3-5-7-22(29)28-31)15(2)26-21(14)12-18-17-11-16(24)8-9-20(17)27-23(18)30/h8-9,11-12,25-26,31H,3-7,10,13H2,1-2H3,(H,27,30)(H,28,29)/b18-12-. The second-order valence-corrected chi connectivity index (χ2v) is 7.85. The molecular weight excluding hydrogens is 399 g/mol. The molecule has 0 fully saturated rings. The lowest BCUT2D eigenvalue weighted by molar-refractivity contribution is -0.129. The largest absolute Gasteiger partial charge is 0.359 e. The van der Waals surface area contributed by atoms with Gasteiger partial charge in [0.05, 0.1) is 5.57 Å². The number of carbonyl (C=O) groups is 2. The molecule has 2 amide bonds. The van der Waals surface area contributed by atoms with Gasteiger partial charge in [0, 0.05) is 35.6 Å². The lowest BCUT2D eigenvalue weighted by Gasteiger charge is -2.06. The maximum absolute atomic E-state index is 13.7. The summed E-state index contributed by atoms with van der Waals surface area (Å²) in [6, 6.07) is 4.29. The number of amides is 2. The number of H-pyrrole nitrogens is 1. The number of anilines is 1. The average molecular weight is 429 g/mol. The normalized spacial score (nSPS) is 14.1. The maximum Gasteiger partial charge on any atom is 0.256 e. The SMILES string of the molecule is Cc1[nH]c(/C=C2\C(=O)Nc3ccc(F)cc32)c(C)c1CNCCCCCCC(=O)NO. The molecule has 0 atom stereocenters. The third kappa shape index (κ3) is 5.59. The number of halogens is 1. The Kier molecular flexibility index (Phi) is 7.59. The second kappa shape index (κ2) is 10.4. The molecule has 0 aliphatic carbocycles. The Morgan fingerprint density at radius 2 is 1.97 bits per heavy atom. The Morgan fingerprint density at radius 1 is 1.19 bits per heavy atom. The van der Waals surface area contributed by atoms with Gasteiger partial charge in [-0.3, -0.25) is 14.8 Å². The molecule has 0 radical (unpaired) electrons. The minimum absolute atomic E-state index is 0.233. The summed E-state index contributed by atoms with van der Waals surface area (Å²) in [7, 11) is 0. The van der Waals surface area contributed by atoms with Crippen molar-refractivity contribution in [2.75, 3.05) is 11.9 Å². The van der Waals surface area contributed by atoms with Crippen molar-refractivity contribution in [2.45, 2.75) is 52.5 Å². The van der Waals surface area contributed by atoms with Crippen LogP contribution in [0.4, 0.5) is 10.1 Å². The first-order valence-electron chi connectivity index (χ1n) is 10.6. The van der Waals surface area contributed by atoms with Crippen molar-refractivity contribution in [1.29, 1.82) is 0 Å². The molecule has 2 aromatic rings. The number of hydrogen-bond acceptors (Lipinski definition) is 4. The van der Waals surface area contributed by atoms with Crippen molar-refractivity contribution in [2.24, 2.45) is 0 Å². The molecule has 0 bridgehead atoms. The molecular formula is C23H29FN4O3. The Bertz CT molecular complexity index is 997. The first-order valence-corrected chi connectivity index (χ1v) is 10.6. The first-order chi connectivity index (χ1) is 14.9. The van der Waals surface area contributed by atoms with Gasteiger partial charge in [0.25, 0.3) is 5.91 Å². The number of benzene rings is 1. The van der Waals surface area contributed by atoms with E-state index >= 15 is 0 Å². The molecule has 0 spiro atoms. The zero-order valence-electron chi connectivity index (χ0n) is 17.9. The van der Waals surface area contributed by atoms with Gasteiger partial charge in [0.1, 0.15) is 5.82 Å². The minimum Gasteiger partial charge on any atom is -0.359 e. The Balaban J connectivity index is 1.56. The van der Waals surface area contributed by atoms with Crippen LogP contribution in [0.1, 0.15) is 60.2 Å². The van der Waals surface area contributed by atoms with Gasteiger partial charge in [-0.1, -0.05) is 12.8 Å². The van der Waals surface area contributed by atoms with E-state index in [4.69, 9.17) is 5.21 Å². The molecule has 1 aliphatic rings. The topological polar surface area (TPSA) is 106 Å². The van der Waals surface area contributed by atoms with Crippen LogP contribution in [0.2, 0.25) is 0 Å². The molecule has 3 rings (SSSR count). The molecule has 1 aliphatic heterocycles. The van der Waals surface area contributed by atoms with Crippen molar-refractivity contribution in [3.05, 3.63) is 52.1 Å². The zero-order chi connectivity index (χ0) is 22.4. The number of aromatic nitrogens is 1. The smallest absolute Gasteiger partial charge is 0.256 e. The van der Waals surface area contributed by atoms with Crippen LogP contribution >= 0.6 is 0 Å². The summed E-state index contributed by atoms with van der Waals surface area (Å²) in [5.41, 5.74) is 7.39.